The van der Waals surface area contributed by atoms with E-state index in [1.807, 2.05) is 38.1 Å². The maximum Gasteiger partial charge on any atom is 0.274 e. The number of carbonyl (C=O) groups excluding carboxylic acids is 2. The van der Waals surface area contributed by atoms with Crippen molar-refractivity contribution < 1.29 is 9.59 Å². The molecular weight excluding hydrogens is 322 g/mol. The molecule has 1 aromatic heterocycles. The summed E-state index contributed by atoms with van der Waals surface area (Å²) in [5, 5.41) is 0.844. The van der Waals surface area contributed by atoms with E-state index in [4.69, 9.17) is 5.73 Å². The smallest absolute Gasteiger partial charge is 0.274 e. The number of nitrogens with zero attached hydrogens (tertiary/aromatic N) is 2. The van der Waals surface area contributed by atoms with Gasteiger partial charge < -0.3 is 10.6 Å². The number of aromatic nitrogens is 1. The maximum atomic E-state index is 13.1. The number of hydrogen-bond donors (Lipinski definition) is 1. The van der Waals surface area contributed by atoms with Gasteiger partial charge >= 0.3 is 0 Å². The number of likely N-dealkylation sites (tertiary alicyclic amines) is 1. The van der Waals surface area contributed by atoms with Gasteiger partial charge in [0.25, 0.3) is 5.91 Å². The highest BCUT2D eigenvalue weighted by atomic mass is 32.1. The maximum absolute atomic E-state index is 13.1. The summed E-state index contributed by atoms with van der Waals surface area (Å²) >= 11 is 1.52. The van der Waals surface area contributed by atoms with Crippen molar-refractivity contribution in [1.29, 1.82) is 0 Å². The standard InChI is InChI=1S/C18H19N3O2S/c1-9-5-3-4-6-12(9)16-14(20-10(2)24-16)18(23)21-8-11-7-13(11)15(21)17(19)22/h3-6,11,13,15H,7-8H2,1-2H3,(H2,19,22)/t11-,13-,15-/m0/s1. The molecule has 6 heteroatoms. The van der Waals surface area contributed by atoms with Crippen molar-refractivity contribution in [2.24, 2.45) is 17.6 Å². The van der Waals surface area contributed by atoms with Crippen molar-refractivity contribution in [1.82, 2.24) is 9.88 Å². The van der Waals surface area contributed by atoms with E-state index in [-0.39, 0.29) is 11.8 Å². The minimum Gasteiger partial charge on any atom is -0.368 e. The SMILES string of the molecule is Cc1nc(C(=O)N2C[C@@H]3C[C@@H]3[C@H]2C(N)=O)c(-c2ccccc2C)s1. The highest BCUT2D eigenvalue weighted by Crippen LogP contribution is 2.50. The Balaban J connectivity index is 1.74. The van der Waals surface area contributed by atoms with E-state index >= 15 is 0 Å². The number of amides is 2. The van der Waals surface area contributed by atoms with Crippen molar-refractivity contribution in [2.75, 3.05) is 6.54 Å². The zero-order valence-electron chi connectivity index (χ0n) is 13.7. The fraction of sp³-hybridized carbons (Fsp3) is 0.389. The zero-order valence-corrected chi connectivity index (χ0v) is 14.5. The first-order chi connectivity index (χ1) is 11.5. The molecule has 0 radical (unpaired) electrons. The molecule has 0 bridgehead atoms. The first-order valence-electron chi connectivity index (χ1n) is 8.11. The van der Waals surface area contributed by atoms with Crippen LogP contribution in [-0.4, -0.2) is 34.3 Å². The van der Waals surface area contributed by atoms with Crippen LogP contribution in [0, 0.1) is 25.7 Å². The average Bonchev–Trinajstić information content (AvgIpc) is 3.02. The Bertz CT molecular complexity index is 845. The van der Waals surface area contributed by atoms with E-state index in [2.05, 4.69) is 4.98 Å². The third-order valence-electron chi connectivity index (χ3n) is 5.03. The summed E-state index contributed by atoms with van der Waals surface area (Å²) in [5.74, 6) is 0.0903. The Labute approximate surface area is 144 Å². The molecule has 1 aromatic carbocycles. The molecule has 2 aromatic rings. The monoisotopic (exact) mass is 341 g/mol. The van der Waals surface area contributed by atoms with Gasteiger partial charge in [-0.15, -0.1) is 11.3 Å². The lowest BCUT2D eigenvalue weighted by Gasteiger charge is -2.24. The molecule has 124 valence electrons. The van der Waals surface area contributed by atoms with Crippen LogP contribution >= 0.6 is 11.3 Å². The molecule has 2 aliphatic rings. The van der Waals surface area contributed by atoms with Gasteiger partial charge in [-0.3, -0.25) is 9.59 Å². The Kier molecular flexibility index (Phi) is 3.46. The molecule has 5 nitrogen and oxygen atoms in total. The van der Waals surface area contributed by atoms with Crippen LogP contribution in [0.15, 0.2) is 24.3 Å². The van der Waals surface area contributed by atoms with Gasteiger partial charge in [0.15, 0.2) is 0 Å². The Hall–Kier alpha value is -2.21. The summed E-state index contributed by atoms with van der Waals surface area (Å²) < 4.78 is 0. The minimum atomic E-state index is -0.478. The lowest BCUT2D eigenvalue weighted by atomic mass is 10.1. The third kappa shape index (κ3) is 2.33. The van der Waals surface area contributed by atoms with Crippen LogP contribution in [0.2, 0.25) is 0 Å². The largest absolute Gasteiger partial charge is 0.368 e. The molecule has 1 aliphatic carbocycles. The van der Waals surface area contributed by atoms with E-state index < -0.39 is 11.9 Å². The molecule has 3 atom stereocenters. The van der Waals surface area contributed by atoms with Gasteiger partial charge in [0.2, 0.25) is 5.91 Å². The number of primary amides is 1. The molecular formula is C18H19N3O2S. The Morgan fingerprint density at radius 3 is 2.75 bits per heavy atom. The lowest BCUT2D eigenvalue weighted by Crippen LogP contribution is -2.46. The van der Waals surface area contributed by atoms with E-state index in [1.54, 1.807) is 4.90 Å². The molecule has 2 amide bonds. The number of hydrogen-bond acceptors (Lipinski definition) is 4. The number of thiazole rings is 1. The second-order valence-corrected chi connectivity index (χ2v) is 7.89. The van der Waals surface area contributed by atoms with Crippen LogP contribution < -0.4 is 5.73 Å². The molecule has 4 rings (SSSR count). The van der Waals surface area contributed by atoms with Crippen LogP contribution in [0.5, 0.6) is 0 Å². The average molecular weight is 341 g/mol. The van der Waals surface area contributed by atoms with Gasteiger partial charge in [0.05, 0.1) is 9.88 Å². The molecule has 1 saturated carbocycles. The number of piperidine rings is 1. The minimum absolute atomic E-state index is 0.173. The van der Waals surface area contributed by atoms with Gasteiger partial charge in [0.1, 0.15) is 11.7 Å². The second-order valence-electron chi connectivity index (χ2n) is 6.69. The number of rotatable bonds is 3. The Morgan fingerprint density at radius 1 is 1.29 bits per heavy atom. The van der Waals surface area contributed by atoms with E-state index in [0.717, 1.165) is 27.4 Å². The third-order valence-corrected chi connectivity index (χ3v) is 6.03. The summed E-state index contributed by atoms with van der Waals surface area (Å²) in [5.41, 5.74) is 8.12. The highest BCUT2D eigenvalue weighted by molar-refractivity contribution is 7.15. The van der Waals surface area contributed by atoms with Gasteiger partial charge in [-0.2, -0.15) is 0 Å². The van der Waals surface area contributed by atoms with Crippen LogP contribution in [0.25, 0.3) is 10.4 Å². The quantitative estimate of drug-likeness (QED) is 0.931. The fourth-order valence-corrected chi connectivity index (χ4v) is 4.76. The van der Waals surface area contributed by atoms with Crippen LogP contribution in [0.3, 0.4) is 0 Å². The lowest BCUT2D eigenvalue weighted by molar-refractivity contribution is -0.122. The highest BCUT2D eigenvalue weighted by Gasteiger charge is 2.56. The van der Waals surface area contributed by atoms with Gasteiger partial charge in [-0.1, -0.05) is 24.3 Å². The molecule has 24 heavy (non-hydrogen) atoms. The predicted molar refractivity (Wildman–Crippen MR) is 92.6 cm³/mol. The molecule has 2 N–H and O–H groups in total. The first-order valence-corrected chi connectivity index (χ1v) is 8.92. The molecule has 2 heterocycles. The van der Waals surface area contributed by atoms with Gasteiger partial charge in [-0.25, -0.2) is 4.98 Å². The number of aryl methyl sites for hydroxylation is 2. The van der Waals surface area contributed by atoms with Crippen LogP contribution in [0.4, 0.5) is 0 Å². The number of fused-ring (bicyclic) bond motifs is 1. The van der Waals surface area contributed by atoms with Crippen LogP contribution in [0.1, 0.15) is 27.5 Å². The van der Waals surface area contributed by atoms with E-state index in [1.165, 1.54) is 11.3 Å². The zero-order chi connectivity index (χ0) is 17.0. The molecule has 0 unspecified atom stereocenters. The molecule has 1 aliphatic heterocycles. The summed E-state index contributed by atoms with van der Waals surface area (Å²) in [6.45, 7) is 4.53. The molecule has 2 fully saturated rings. The normalized spacial score (nSPS) is 24.8. The van der Waals surface area contributed by atoms with Crippen molar-refractivity contribution in [2.45, 2.75) is 26.3 Å². The fourth-order valence-electron chi connectivity index (χ4n) is 3.76. The van der Waals surface area contributed by atoms with Crippen molar-refractivity contribution in [3.05, 3.63) is 40.5 Å². The second kappa shape index (κ2) is 5.41. The van der Waals surface area contributed by atoms with Gasteiger partial charge in [-0.05, 0) is 43.2 Å². The number of carbonyl (C=O) groups is 2. The van der Waals surface area contributed by atoms with E-state index in [9.17, 15) is 9.59 Å². The molecule has 0 spiro atoms. The topological polar surface area (TPSA) is 76.3 Å². The van der Waals surface area contributed by atoms with Crippen molar-refractivity contribution >= 4 is 23.2 Å². The van der Waals surface area contributed by atoms with E-state index in [0.29, 0.717) is 18.2 Å². The number of benzene rings is 1. The summed E-state index contributed by atoms with van der Waals surface area (Å²) in [6, 6.07) is 7.49. The Morgan fingerprint density at radius 2 is 2.04 bits per heavy atom. The first kappa shape index (κ1) is 15.3. The van der Waals surface area contributed by atoms with Crippen molar-refractivity contribution in [3.8, 4) is 10.4 Å². The summed E-state index contributed by atoms with van der Waals surface area (Å²) in [4.78, 5) is 31.9. The van der Waals surface area contributed by atoms with Gasteiger partial charge in [0, 0.05) is 6.54 Å². The van der Waals surface area contributed by atoms with Crippen LogP contribution in [-0.2, 0) is 4.79 Å². The summed E-state index contributed by atoms with van der Waals surface area (Å²) in [6.07, 6.45) is 0.998. The number of nitrogens with two attached hydrogens (primary N) is 1. The predicted octanol–water partition coefficient (Wildman–Crippen LogP) is 2.37. The summed E-state index contributed by atoms with van der Waals surface area (Å²) in [7, 11) is 0. The molecule has 1 saturated heterocycles. The van der Waals surface area contributed by atoms with Crippen molar-refractivity contribution in [3.63, 3.8) is 0 Å².